The fraction of sp³-hybridized carbons (Fsp3) is 0.350. The molecule has 4 amide bonds. The molecule has 1 unspecified atom stereocenters. The van der Waals surface area contributed by atoms with Crippen LogP contribution in [0.25, 0.3) is 0 Å². The van der Waals surface area contributed by atoms with Crippen molar-refractivity contribution in [3.63, 3.8) is 0 Å². The second kappa shape index (κ2) is 8.26. The molecule has 2 fully saturated rings. The van der Waals surface area contributed by atoms with Gasteiger partial charge in [-0.15, -0.1) is 0 Å². The van der Waals surface area contributed by atoms with Gasteiger partial charge in [-0.05, 0) is 25.0 Å². The van der Waals surface area contributed by atoms with E-state index < -0.39 is 6.03 Å². The van der Waals surface area contributed by atoms with E-state index in [-0.39, 0.29) is 30.8 Å². The van der Waals surface area contributed by atoms with Crippen LogP contribution in [0.1, 0.15) is 24.5 Å². The van der Waals surface area contributed by atoms with Crippen LogP contribution in [-0.2, 0) is 9.59 Å². The number of hydrogen-bond acceptors (Lipinski definition) is 6. The number of likely N-dealkylation sites (tertiary alicyclic amines) is 1. The zero-order valence-electron chi connectivity index (χ0n) is 15.8. The molecule has 0 aliphatic carbocycles. The molecule has 2 aromatic rings. The van der Waals surface area contributed by atoms with Gasteiger partial charge in [-0.25, -0.2) is 9.78 Å². The monoisotopic (exact) mass is 395 g/mol. The van der Waals surface area contributed by atoms with Gasteiger partial charge in [0.2, 0.25) is 11.8 Å². The van der Waals surface area contributed by atoms with Gasteiger partial charge in [0.25, 0.3) is 5.91 Å². The van der Waals surface area contributed by atoms with Crippen LogP contribution in [0.15, 0.2) is 42.7 Å². The summed E-state index contributed by atoms with van der Waals surface area (Å²) in [5.74, 6) is 0.463. The average Bonchev–Trinajstić information content (AvgIpc) is 3.07. The van der Waals surface area contributed by atoms with Crippen LogP contribution in [-0.4, -0.2) is 63.8 Å². The van der Waals surface area contributed by atoms with Crippen molar-refractivity contribution in [1.82, 2.24) is 25.1 Å². The van der Waals surface area contributed by atoms with Gasteiger partial charge < -0.3 is 15.0 Å². The molecule has 9 nitrogen and oxygen atoms in total. The minimum Gasteiger partial charge on any atom is -0.437 e. The number of amides is 4. The molecule has 150 valence electrons. The zero-order valence-corrected chi connectivity index (χ0v) is 15.8. The Balaban J connectivity index is 1.41. The van der Waals surface area contributed by atoms with Crippen LogP contribution in [0.2, 0.25) is 0 Å². The first-order chi connectivity index (χ1) is 14.1. The number of aromatic nitrogens is 2. The lowest BCUT2D eigenvalue weighted by atomic mass is 9.95. The molecule has 2 saturated heterocycles. The van der Waals surface area contributed by atoms with Crippen molar-refractivity contribution in [3.8, 4) is 11.6 Å². The predicted molar refractivity (Wildman–Crippen MR) is 102 cm³/mol. The van der Waals surface area contributed by atoms with Gasteiger partial charge in [0, 0.05) is 25.2 Å². The molecular formula is C20H21N5O4. The molecule has 1 aromatic heterocycles. The number of carbonyl (C=O) groups excluding carboxylic acids is 3. The van der Waals surface area contributed by atoms with Crippen LogP contribution in [0.4, 0.5) is 4.79 Å². The topological polar surface area (TPSA) is 105 Å². The van der Waals surface area contributed by atoms with Crippen molar-refractivity contribution in [3.05, 3.63) is 48.4 Å². The van der Waals surface area contributed by atoms with E-state index in [9.17, 15) is 14.4 Å². The van der Waals surface area contributed by atoms with Gasteiger partial charge in [-0.2, -0.15) is 0 Å². The normalized spacial score (nSPS) is 19.2. The SMILES string of the molecule is O=C(CN1C(=O)CNC1=O)N1CCCC(c2cncc(Oc3ccccc3)n2)C1. The van der Waals surface area contributed by atoms with Gasteiger partial charge in [0.1, 0.15) is 12.3 Å². The highest BCUT2D eigenvalue weighted by atomic mass is 16.5. The predicted octanol–water partition coefficient (Wildman–Crippen LogP) is 1.53. The molecule has 9 heteroatoms. The van der Waals surface area contributed by atoms with Gasteiger partial charge in [0.05, 0.1) is 18.4 Å². The Morgan fingerprint density at radius 1 is 1.21 bits per heavy atom. The highest BCUT2D eigenvalue weighted by Crippen LogP contribution is 2.27. The molecule has 0 bridgehead atoms. The molecule has 29 heavy (non-hydrogen) atoms. The minimum atomic E-state index is -0.520. The molecule has 1 N–H and O–H groups in total. The first-order valence-corrected chi connectivity index (χ1v) is 9.51. The van der Waals surface area contributed by atoms with E-state index in [2.05, 4.69) is 15.3 Å². The third-order valence-corrected chi connectivity index (χ3v) is 5.02. The number of imide groups is 1. The second-order valence-corrected chi connectivity index (χ2v) is 7.01. The number of nitrogens with zero attached hydrogens (tertiary/aromatic N) is 4. The fourth-order valence-electron chi connectivity index (χ4n) is 3.51. The molecule has 0 saturated carbocycles. The molecule has 2 aliphatic rings. The second-order valence-electron chi connectivity index (χ2n) is 7.01. The number of benzene rings is 1. The minimum absolute atomic E-state index is 0.0163. The molecule has 2 aliphatic heterocycles. The number of para-hydroxylation sites is 1. The Morgan fingerprint density at radius 2 is 2.03 bits per heavy atom. The maximum Gasteiger partial charge on any atom is 0.325 e. The number of rotatable bonds is 5. The Kier molecular flexibility index (Phi) is 5.37. The van der Waals surface area contributed by atoms with Crippen molar-refractivity contribution in [2.24, 2.45) is 0 Å². The van der Waals surface area contributed by atoms with E-state index in [1.165, 1.54) is 0 Å². The largest absolute Gasteiger partial charge is 0.437 e. The zero-order chi connectivity index (χ0) is 20.2. The van der Waals surface area contributed by atoms with E-state index >= 15 is 0 Å². The highest BCUT2D eigenvalue weighted by molar-refractivity contribution is 6.04. The maximum absolute atomic E-state index is 12.6. The van der Waals surface area contributed by atoms with Crippen LogP contribution < -0.4 is 10.1 Å². The maximum atomic E-state index is 12.6. The van der Waals surface area contributed by atoms with Crippen LogP contribution >= 0.6 is 0 Å². The van der Waals surface area contributed by atoms with E-state index in [1.807, 2.05) is 30.3 Å². The van der Waals surface area contributed by atoms with Gasteiger partial charge in [-0.3, -0.25) is 19.5 Å². The molecule has 4 rings (SSSR count). The summed E-state index contributed by atoms with van der Waals surface area (Å²) < 4.78 is 5.75. The summed E-state index contributed by atoms with van der Waals surface area (Å²) in [6, 6.07) is 8.82. The lowest BCUT2D eigenvalue weighted by Crippen LogP contribution is -2.46. The Bertz CT molecular complexity index is 904. The van der Waals surface area contributed by atoms with Crippen molar-refractivity contribution in [2.45, 2.75) is 18.8 Å². The number of nitrogens with one attached hydrogen (secondary N) is 1. The molecule has 0 spiro atoms. The molecule has 3 heterocycles. The number of hydrogen-bond donors (Lipinski definition) is 1. The molecular weight excluding hydrogens is 374 g/mol. The van der Waals surface area contributed by atoms with Crippen LogP contribution in [0, 0.1) is 0 Å². The van der Waals surface area contributed by atoms with Crippen LogP contribution in [0.3, 0.4) is 0 Å². The third-order valence-electron chi connectivity index (χ3n) is 5.02. The number of piperidine rings is 1. The average molecular weight is 395 g/mol. The number of ether oxygens (including phenoxy) is 1. The third kappa shape index (κ3) is 4.34. The molecule has 1 aromatic carbocycles. The summed E-state index contributed by atoms with van der Waals surface area (Å²) in [6.45, 7) is 0.761. The number of urea groups is 1. The lowest BCUT2D eigenvalue weighted by Gasteiger charge is -2.33. The van der Waals surface area contributed by atoms with E-state index in [4.69, 9.17) is 4.74 Å². The number of carbonyl (C=O) groups is 3. The quantitative estimate of drug-likeness (QED) is 0.770. The summed E-state index contributed by atoms with van der Waals surface area (Å²) in [6.07, 6.45) is 4.92. The van der Waals surface area contributed by atoms with Gasteiger partial charge >= 0.3 is 6.03 Å². The van der Waals surface area contributed by atoms with E-state index in [0.717, 1.165) is 23.4 Å². The van der Waals surface area contributed by atoms with E-state index in [0.29, 0.717) is 24.7 Å². The smallest absolute Gasteiger partial charge is 0.325 e. The van der Waals surface area contributed by atoms with Gasteiger partial charge in [0.15, 0.2) is 0 Å². The van der Waals surface area contributed by atoms with Crippen molar-refractivity contribution >= 4 is 17.8 Å². The Labute approximate surface area is 167 Å². The summed E-state index contributed by atoms with van der Waals surface area (Å²) >= 11 is 0. The van der Waals surface area contributed by atoms with Crippen molar-refractivity contribution < 1.29 is 19.1 Å². The first kappa shape index (κ1) is 18.9. The highest BCUT2D eigenvalue weighted by Gasteiger charge is 2.33. The van der Waals surface area contributed by atoms with E-state index in [1.54, 1.807) is 17.3 Å². The lowest BCUT2D eigenvalue weighted by molar-refractivity contribution is -0.137. The Hall–Kier alpha value is -3.49. The first-order valence-electron chi connectivity index (χ1n) is 9.51. The molecule has 1 atom stereocenters. The fourth-order valence-corrected chi connectivity index (χ4v) is 3.51. The Morgan fingerprint density at radius 3 is 2.79 bits per heavy atom. The standard InChI is InChI=1S/C20H21N5O4/c26-18-11-22-20(28)25(18)13-19(27)24-8-4-5-14(12-24)16-9-21-10-17(23-16)29-15-6-2-1-3-7-15/h1-3,6-7,9-10,14H,4-5,8,11-13H2,(H,22,28). The summed E-state index contributed by atoms with van der Waals surface area (Å²) in [7, 11) is 0. The van der Waals surface area contributed by atoms with Gasteiger partial charge in [-0.1, -0.05) is 18.2 Å². The van der Waals surface area contributed by atoms with Crippen molar-refractivity contribution in [1.29, 1.82) is 0 Å². The summed E-state index contributed by atoms with van der Waals surface area (Å²) in [4.78, 5) is 47.4. The molecule has 0 radical (unpaired) electrons. The van der Waals surface area contributed by atoms with Crippen molar-refractivity contribution in [2.75, 3.05) is 26.2 Å². The summed E-state index contributed by atoms with van der Waals surface area (Å²) in [5, 5.41) is 2.42. The van der Waals surface area contributed by atoms with Crippen LogP contribution in [0.5, 0.6) is 11.6 Å². The summed E-state index contributed by atoms with van der Waals surface area (Å²) in [5.41, 5.74) is 0.755.